The van der Waals surface area contributed by atoms with Crippen LogP contribution in [0.4, 0.5) is 4.39 Å². The van der Waals surface area contributed by atoms with Gasteiger partial charge in [0.25, 0.3) is 0 Å². The van der Waals surface area contributed by atoms with Gasteiger partial charge in [0.05, 0.1) is 19.3 Å². The Morgan fingerprint density at radius 1 is 1.43 bits per heavy atom. The van der Waals surface area contributed by atoms with E-state index in [0.29, 0.717) is 12.1 Å². The van der Waals surface area contributed by atoms with E-state index in [4.69, 9.17) is 9.36 Å². The van der Waals surface area contributed by atoms with Crippen LogP contribution in [0.5, 0.6) is 0 Å². The van der Waals surface area contributed by atoms with Crippen LogP contribution in [0.2, 0.25) is 0 Å². The van der Waals surface area contributed by atoms with Gasteiger partial charge in [0.15, 0.2) is 0 Å². The molecule has 112 valence electrons. The van der Waals surface area contributed by atoms with Crippen molar-refractivity contribution in [2.24, 2.45) is 0 Å². The fraction of sp³-hybridized carbons (Fsp3) is 0.438. The van der Waals surface area contributed by atoms with E-state index < -0.39 is 0 Å². The predicted molar refractivity (Wildman–Crippen MR) is 75.8 cm³/mol. The van der Waals surface area contributed by atoms with Gasteiger partial charge in [0, 0.05) is 24.1 Å². The molecule has 0 amide bonds. The number of hydroxylamine groups is 2. The van der Waals surface area contributed by atoms with E-state index in [2.05, 4.69) is 12.1 Å². The molecule has 1 aromatic heterocycles. The number of benzene rings is 1. The topological polar surface area (TPSA) is 38.5 Å². The Hall–Kier alpha value is -1.72. The molecule has 0 spiro atoms. The number of halogens is 1. The standard InChI is InChI=1S/C16H19FN2O2/c1-2-3-12-4-5-13(15(17)8-12)11-20-19-7-6-16-14(10-19)9-18-21-16/h4-5,8-9H,2-3,6-7,10-11H2,1H3. The Morgan fingerprint density at radius 3 is 3.14 bits per heavy atom. The summed E-state index contributed by atoms with van der Waals surface area (Å²) in [6.45, 7) is 3.70. The van der Waals surface area contributed by atoms with Crippen molar-refractivity contribution in [3.05, 3.63) is 52.7 Å². The zero-order chi connectivity index (χ0) is 14.7. The molecule has 0 atom stereocenters. The highest BCUT2D eigenvalue weighted by atomic mass is 19.1. The first-order valence-corrected chi connectivity index (χ1v) is 7.34. The van der Waals surface area contributed by atoms with Gasteiger partial charge in [-0.1, -0.05) is 30.6 Å². The summed E-state index contributed by atoms with van der Waals surface area (Å²) in [5, 5.41) is 5.61. The highest BCUT2D eigenvalue weighted by molar-refractivity contribution is 5.24. The molecule has 2 heterocycles. The number of hydrogen-bond acceptors (Lipinski definition) is 4. The van der Waals surface area contributed by atoms with Gasteiger partial charge in [-0.2, -0.15) is 5.06 Å². The summed E-state index contributed by atoms with van der Waals surface area (Å²) in [6.07, 6.45) is 4.41. The normalized spacial score (nSPS) is 15.1. The minimum atomic E-state index is -0.191. The summed E-state index contributed by atoms with van der Waals surface area (Å²) in [5.74, 6) is 0.730. The molecular formula is C16H19FN2O2. The van der Waals surface area contributed by atoms with Crippen molar-refractivity contribution < 1.29 is 13.8 Å². The predicted octanol–water partition coefficient (Wildman–Crippen LogP) is 3.26. The second kappa shape index (κ2) is 6.37. The van der Waals surface area contributed by atoms with Crippen molar-refractivity contribution >= 4 is 0 Å². The van der Waals surface area contributed by atoms with Crippen molar-refractivity contribution in [2.75, 3.05) is 6.54 Å². The molecule has 0 unspecified atom stereocenters. The molecular weight excluding hydrogens is 271 g/mol. The van der Waals surface area contributed by atoms with Crippen molar-refractivity contribution in [3.8, 4) is 0 Å². The molecule has 5 heteroatoms. The number of fused-ring (bicyclic) bond motifs is 1. The first-order valence-electron chi connectivity index (χ1n) is 7.34. The Kier molecular flexibility index (Phi) is 4.31. The molecule has 1 aromatic carbocycles. The third-order valence-corrected chi connectivity index (χ3v) is 3.72. The number of nitrogens with zero attached hydrogens (tertiary/aromatic N) is 2. The first-order chi connectivity index (χ1) is 10.3. The lowest BCUT2D eigenvalue weighted by Gasteiger charge is -2.24. The quantitative estimate of drug-likeness (QED) is 0.847. The van der Waals surface area contributed by atoms with E-state index in [1.54, 1.807) is 12.3 Å². The Bertz CT molecular complexity index is 612. The number of aryl methyl sites for hydroxylation is 1. The third kappa shape index (κ3) is 3.31. The van der Waals surface area contributed by atoms with Crippen molar-refractivity contribution in [2.45, 2.75) is 39.3 Å². The molecule has 0 saturated carbocycles. The Morgan fingerprint density at radius 2 is 2.33 bits per heavy atom. The van der Waals surface area contributed by atoms with Gasteiger partial charge in [-0.05, 0) is 18.1 Å². The Balaban J connectivity index is 1.58. The zero-order valence-corrected chi connectivity index (χ0v) is 12.1. The average molecular weight is 290 g/mol. The summed E-state index contributed by atoms with van der Waals surface area (Å²) in [5.41, 5.74) is 2.66. The molecule has 2 aromatic rings. The third-order valence-electron chi connectivity index (χ3n) is 3.72. The molecule has 0 N–H and O–H groups in total. The minimum Gasteiger partial charge on any atom is -0.361 e. The van der Waals surface area contributed by atoms with Gasteiger partial charge in [-0.3, -0.25) is 4.84 Å². The lowest BCUT2D eigenvalue weighted by Crippen LogP contribution is -2.30. The summed E-state index contributed by atoms with van der Waals surface area (Å²) < 4.78 is 19.1. The van der Waals surface area contributed by atoms with Crippen LogP contribution in [0.3, 0.4) is 0 Å². The second-order valence-corrected chi connectivity index (χ2v) is 5.34. The van der Waals surface area contributed by atoms with E-state index >= 15 is 0 Å². The molecule has 4 nitrogen and oxygen atoms in total. The zero-order valence-electron chi connectivity index (χ0n) is 12.1. The molecule has 1 aliphatic rings. The summed E-state index contributed by atoms with van der Waals surface area (Å²) in [4.78, 5) is 5.70. The van der Waals surface area contributed by atoms with Gasteiger partial charge in [0.2, 0.25) is 0 Å². The van der Waals surface area contributed by atoms with Crippen molar-refractivity contribution in [1.82, 2.24) is 10.2 Å². The Labute approximate surface area is 123 Å². The molecule has 0 aliphatic carbocycles. The number of hydrogen-bond donors (Lipinski definition) is 0. The van der Waals surface area contributed by atoms with Crippen LogP contribution in [-0.2, 0) is 30.8 Å². The number of rotatable bonds is 5. The second-order valence-electron chi connectivity index (χ2n) is 5.34. The van der Waals surface area contributed by atoms with Gasteiger partial charge >= 0.3 is 0 Å². The van der Waals surface area contributed by atoms with E-state index in [0.717, 1.165) is 42.7 Å². The smallest absolute Gasteiger partial charge is 0.142 e. The number of aromatic nitrogens is 1. The van der Waals surface area contributed by atoms with Crippen molar-refractivity contribution in [3.63, 3.8) is 0 Å². The van der Waals surface area contributed by atoms with E-state index in [1.165, 1.54) is 0 Å². The van der Waals surface area contributed by atoms with Crippen LogP contribution in [0.25, 0.3) is 0 Å². The molecule has 0 fully saturated rings. The fourth-order valence-electron chi connectivity index (χ4n) is 2.54. The lowest BCUT2D eigenvalue weighted by atomic mass is 10.1. The highest BCUT2D eigenvalue weighted by Gasteiger charge is 2.20. The molecule has 3 rings (SSSR count). The molecule has 0 saturated heterocycles. The monoisotopic (exact) mass is 290 g/mol. The molecule has 1 aliphatic heterocycles. The van der Waals surface area contributed by atoms with Gasteiger partial charge in [0.1, 0.15) is 11.6 Å². The molecule has 21 heavy (non-hydrogen) atoms. The SMILES string of the molecule is CCCc1ccc(CON2CCc3oncc3C2)c(F)c1. The van der Waals surface area contributed by atoms with E-state index in [1.807, 2.05) is 17.2 Å². The maximum Gasteiger partial charge on any atom is 0.142 e. The van der Waals surface area contributed by atoms with Gasteiger partial charge in [-0.15, -0.1) is 0 Å². The molecule has 0 bridgehead atoms. The average Bonchev–Trinajstić information content (AvgIpc) is 2.94. The van der Waals surface area contributed by atoms with Crippen LogP contribution in [0.1, 0.15) is 35.8 Å². The fourth-order valence-corrected chi connectivity index (χ4v) is 2.54. The van der Waals surface area contributed by atoms with E-state index in [-0.39, 0.29) is 12.4 Å². The van der Waals surface area contributed by atoms with Crippen LogP contribution in [-0.4, -0.2) is 16.8 Å². The summed E-state index contributed by atoms with van der Waals surface area (Å²) in [6, 6.07) is 5.39. The van der Waals surface area contributed by atoms with Crippen LogP contribution in [0.15, 0.2) is 28.9 Å². The van der Waals surface area contributed by atoms with Crippen molar-refractivity contribution in [1.29, 1.82) is 0 Å². The summed E-state index contributed by atoms with van der Waals surface area (Å²) >= 11 is 0. The maximum absolute atomic E-state index is 14.0. The summed E-state index contributed by atoms with van der Waals surface area (Å²) in [7, 11) is 0. The van der Waals surface area contributed by atoms with E-state index in [9.17, 15) is 4.39 Å². The van der Waals surface area contributed by atoms with Gasteiger partial charge < -0.3 is 4.52 Å². The molecule has 0 radical (unpaired) electrons. The first kappa shape index (κ1) is 14.2. The lowest BCUT2D eigenvalue weighted by molar-refractivity contribution is -0.181. The largest absolute Gasteiger partial charge is 0.361 e. The van der Waals surface area contributed by atoms with Gasteiger partial charge in [-0.25, -0.2) is 4.39 Å². The minimum absolute atomic E-state index is 0.191. The van der Waals surface area contributed by atoms with Crippen LogP contribution >= 0.6 is 0 Å². The van der Waals surface area contributed by atoms with Crippen LogP contribution < -0.4 is 0 Å². The highest BCUT2D eigenvalue weighted by Crippen LogP contribution is 2.20. The van der Waals surface area contributed by atoms with Crippen LogP contribution in [0, 0.1) is 5.82 Å². The maximum atomic E-state index is 14.0.